The van der Waals surface area contributed by atoms with Crippen LogP contribution in [0.4, 0.5) is 0 Å². The first-order valence-electron chi connectivity index (χ1n) is 2.38. The minimum absolute atomic E-state index is 0.940. The topological polar surface area (TPSA) is 12.0 Å². The third kappa shape index (κ3) is 1.46. The molecule has 1 aliphatic rings. The maximum absolute atomic E-state index is 4.10. The van der Waals surface area contributed by atoms with Crippen LogP contribution in [-0.2, 0) is 0 Å². The van der Waals surface area contributed by atoms with Crippen molar-refractivity contribution in [3.8, 4) is 0 Å². The van der Waals surface area contributed by atoms with Gasteiger partial charge in [-0.3, -0.25) is 0 Å². The average Bonchev–Trinajstić information content (AvgIpc) is 1.94. The highest BCUT2D eigenvalue weighted by Crippen LogP contribution is 2.01. The highest BCUT2D eigenvalue weighted by Gasteiger charge is 1.80. The zero-order valence-corrected chi connectivity index (χ0v) is 5.23. The van der Waals surface area contributed by atoms with Crippen molar-refractivity contribution in [2.24, 2.45) is 0 Å². The molecule has 1 heterocycles. The van der Waals surface area contributed by atoms with Gasteiger partial charge in [-0.15, -0.1) is 12.6 Å². The molecule has 1 aliphatic heterocycles. The van der Waals surface area contributed by atoms with Crippen molar-refractivity contribution in [1.82, 2.24) is 5.32 Å². The van der Waals surface area contributed by atoms with Crippen LogP contribution < -0.4 is 5.32 Å². The van der Waals surface area contributed by atoms with Gasteiger partial charge in [-0.1, -0.05) is 6.08 Å². The van der Waals surface area contributed by atoms with Gasteiger partial charge in [0, 0.05) is 17.3 Å². The molecule has 0 saturated heterocycles. The van der Waals surface area contributed by atoms with E-state index in [-0.39, 0.29) is 0 Å². The molecule has 0 spiro atoms. The summed E-state index contributed by atoms with van der Waals surface area (Å²) in [5.74, 6) is 0. The van der Waals surface area contributed by atoms with E-state index in [2.05, 4.69) is 17.9 Å². The maximum Gasteiger partial charge on any atom is 0.0201 e. The normalized spacial score (nSPS) is 16.9. The molecule has 0 fully saturated rings. The Kier molecular flexibility index (Phi) is 1.80. The van der Waals surface area contributed by atoms with E-state index in [1.807, 2.05) is 30.6 Å². The standard InChI is InChI=1S/C6H7NS/c8-6-3-1-2-4-7-5-6/h1-5,7-8H. The first-order chi connectivity index (χ1) is 3.89. The van der Waals surface area contributed by atoms with Crippen molar-refractivity contribution in [1.29, 1.82) is 0 Å². The van der Waals surface area contributed by atoms with Crippen molar-refractivity contribution < 1.29 is 0 Å². The van der Waals surface area contributed by atoms with E-state index in [1.165, 1.54) is 0 Å². The number of hydrogen-bond acceptors (Lipinski definition) is 2. The van der Waals surface area contributed by atoms with Crippen LogP contribution in [0.3, 0.4) is 0 Å². The van der Waals surface area contributed by atoms with Gasteiger partial charge in [0.2, 0.25) is 0 Å². The summed E-state index contributed by atoms with van der Waals surface area (Å²) >= 11 is 4.10. The Labute approximate surface area is 54.2 Å². The molecule has 0 atom stereocenters. The molecule has 42 valence electrons. The first-order valence-corrected chi connectivity index (χ1v) is 2.83. The lowest BCUT2D eigenvalue weighted by Crippen LogP contribution is -1.89. The van der Waals surface area contributed by atoms with Crippen molar-refractivity contribution in [2.75, 3.05) is 0 Å². The minimum atomic E-state index is 0.940. The summed E-state index contributed by atoms with van der Waals surface area (Å²) in [6.07, 6.45) is 9.43. The van der Waals surface area contributed by atoms with E-state index in [9.17, 15) is 0 Å². The van der Waals surface area contributed by atoms with E-state index >= 15 is 0 Å². The Morgan fingerprint density at radius 2 is 2.25 bits per heavy atom. The fourth-order valence-electron chi connectivity index (χ4n) is 0.447. The number of nitrogens with one attached hydrogen (secondary N) is 1. The van der Waals surface area contributed by atoms with Crippen LogP contribution in [0.5, 0.6) is 0 Å². The van der Waals surface area contributed by atoms with Gasteiger partial charge >= 0.3 is 0 Å². The van der Waals surface area contributed by atoms with Gasteiger partial charge in [0.25, 0.3) is 0 Å². The zero-order chi connectivity index (χ0) is 5.82. The molecule has 0 aromatic heterocycles. The molecular weight excluding hydrogens is 118 g/mol. The Morgan fingerprint density at radius 1 is 1.38 bits per heavy atom. The number of rotatable bonds is 0. The van der Waals surface area contributed by atoms with Crippen LogP contribution in [0.1, 0.15) is 0 Å². The molecule has 2 heteroatoms. The van der Waals surface area contributed by atoms with E-state index in [0.717, 1.165) is 4.91 Å². The quantitative estimate of drug-likeness (QED) is 0.467. The lowest BCUT2D eigenvalue weighted by molar-refractivity contribution is 1.20. The molecule has 1 nitrogen and oxygen atoms in total. The predicted molar refractivity (Wildman–Crippen MR) is 38.5 cm³/mol. The van der Waals surface area contributed by atoms with Gasteiger partial charge in [0.1, 0.15) is 0 Å². The molecule has 1 N–H and O–H groups in total. The predicted octanol–water partition coefficient (Wildman–Crippen LogP) is 1.43. The fourth-order valence-corrected chi connectivity index (χ4v) is 0.607. The molecule has 0 amide bonds. The lowest BCUT2D eigenvalue weighted by atomic mass is 10.5. The average molecular weight is 125 g/mol. The number of allylic oxidation sites excluding steroid dienone is 3. The summed E-state index contributed by atoms with van der Waals surface area (Å²) in [6.45, 7) is 0. The maximum atomic E-state index is 4.10. The van der Waals surface area contributed by atoms with Gasteiger partial charge in [-0.05, 0) is 12.2 Å². The van der Waals surface area contributed by atoms with Crippen molar-refractivity contribution in [2.45, 2.75) is 0 Å². The molecule has 0 aromatic carbocycles. The van der Waals surface area contributed by atoms with Crippen molar-refractivity contribution in [3.63, 3.8) is 0 Å². The third-order valence-corrected chi connectivity index (χ3v) is 1.08. The number of thiol groups is 1. The Balaban J connectivity index is 2.69. The molecule has 1 rings (SSSR count). The SMILES string of the molecule is SC1=CNC=CC=C1. The smallest absolute Gasteiger partial charge is 0.0201 e. The Hall–Kier alpha value is -0.630. The molecular formula is C6H7NS. The van der Waals surface area contributed by atoms with Gasteiger partial charge in [0.15, 0.2) is 0 Å². The summed E-state index contributed by atoms with van der Waals surface area (Å²) in [5, 5.41) is 2.92. The third-order valence-electron chi connectivity index (χ3n) is 0.802. The summed E-state index contributed by atoms with van der Waals surface area (Å²) in [5.41, 5.74) is 0. The number of hydrogen-bond donors (Lipinski definition) is 2. The van der Waals surface area contributed by atoms with E-state index in [1.54, 1.807) is 0 Å². The van der Waals surface area contributed by atoms with Crippen LogP contribution in [0.2, 0.25) is 0 Å². The van der Waals surface area contributed by atoms with E-state index < -0.39 is 0 Å². The van der Waals surface area contributed by atoms with E-state index in [4.69, 9.17) is 0 Å². The van der Waals surface area contributed by atoms with Crippen molar-refractivity contribution >= 4 is 12.6 Å². The van der Waals surface area contributed by atoms with Gasteiger partial charge in [-0.25, -0.2) is 0 Å². The van der Waals surface area contributed by atoms with Crippen LogP contribution in [0.25, 0.3) is 0 Å². The monoisotopic (exact) mass is 125 g/mol. The molecule has 0 saturated carbocycles. The van der Waals surface area contributed by atoms with Crippen LogP contribution in [0.15, 0.2) is 35.5 Å². The van der Waals surface area contributed by atoms with Crippen molar-refractivity contribution in [3.05, 3.63) is 35.5 Å². The summed E-state index contributed by atoms with van der Waals surface area (Å²) in [6, 6.07) is 0. The van der Waals surface area contributed by atoms with Gasteiger partial charge < -0.3 is 5.32 Å². The molecule has 0 aromatic rings. The molecule has 8 heavy (non-hydrogen) atoms. The summed E-state index contributed by atoms with van der Waals surface area (Å²) in [4.78, 5) is 0.940. The summed E-state index contributed by atoms with van der Waals surface area (Å²) in [7, 11) is 0. The second-order valence-electron chi connectivity index (χ2n) is 1.45. The minimum Gasteiger partial charge on any atom is -0.367 e. The Morgan fingerprint density at radius 3 is 3.12 bits per heavy atom. The molecule has 0 bridgehead atoms. The van der Waals surface area contributed by atoms with E-state index in [0.29, 0.717) is 0 Å². The largest absolute Gasteiger partial charge is 0.367 e. The van der Waals surface area contributed by atoms with Gasteiger partial charge in [-0.2, -0.15) is 0 Å². The zero-order valence-electron chi connectivity index (χ0n) is 4.33. The second kappa shape index (κ2) is 2.62. The molecule has 0 radical (unpaired) electrons. The van der Waals surface area contributed by atoms with Gasteiger partial charge in [0.05, 0.1) is 0 Å². The summed E-state index contributed by atoms with van der Waals surface area (Å²) < 4.78 is 0. The second-order valence-corrected chi connectivity index (χ2v) is 1.97. The highest BCUT2D eigenvalue weighted by molar-refractivity contribution is 7.84. The van der Waals surface area contributed by atoms with Crippen LogP contribution in [-0.4, -0.2) is 0 Å². The Bertz CT molecular complexity index is 153. The van der Waals surface area contributed by atoms with Crippen LogP contribution in [0, 0.1) is 0 Å². The first kappa shape index (κ1) is 5.51. The molecule has 0 aliphatic carbocycles. The highest BCUT2D eigenvalue weighted by atomic mass is 32.1. The van der Waals surface area contributed by atoms with Crippen LogP contribution >= 0.6 is 12.6 Å². The lowest BCUT2D eigenvalue weighted by Gasteiger charge is -1.85. The molecule has 0 unspecified atom stereocenters. The fraction of sp³-hybridized carbons (Fsp3) is 0.